The Kier molecular flexibility index (Phi) is 17.9. The molecule has 0 aromatic rings. The van der Waals surface area contributed by atoms with Crippen molar-refractivity contribution in [2.45, 2.75) is 54.9 Å². The smallest absolute Gasteiger partial charge is 0.394 e. The van der Waals surface area contributed by atoms with E-state index < -0.39 is 118 Å². The molecule has 2 unspecified atom stereocenters. The van der Waals surface area contributed by atoms with E-state index in [4.69, 9.17) is 14.9 Å². The van der Waals surface area contributed by atoms with Crippen LogP contribution in [0.4, 0.5) is 0 Å². The first-order valence-corrected chi connectivity index (χ1v) is 15.3. The fourth-order valence-corrected chi connectivity index (χ4v) is 4.16. The van der Waals surface area contributed by atoms with Crippen molar-refractivity contribution in [1.29, 1.82) is 0 Å². The summed E-state index contributed by atoms with van der Waals surface area (Å²) in [5, 5.41) is 95.0. The normalized spacial score (nSPS) is 22.6. The molecule has 0 heterocycles. The third-order valence-electron chi connectivity index (χ3n) is 4.60. The van der Waals surface area contributed by atoms with Crippen LogP contribution >= 0.6 is 23.5 Å². The standard InChI is InChI=1S/C15H35O22P3/c16-1-7(17)13(23)9(19)3-34-39(29,30)36-5-11(21)15(25)12(22)6-37-40(31,32)35-4-10(20)14(24)8(18)2-33-38(26,27)28/h7-25H,1-6H2,(H,29,30)(H,31,32)(H2,26,27,28)/t7-,8-,9+,10+,11+,12-,13-,14-,15+/m0/s1. The van der Waals surface area contributed by atoms with E-state index in [0.717, 1.165) is 0 Å². The second kappa shape index (κ2) is 17.9. The van der Waals surface area contributed by atoms with Crippen molar-refractivity contribution in [2.75, 3.05) is 39.6 Å². The number of aliphatic hydroxyl groups is 10. The number of hydrogen-bond donors (Lipinski definition) is 14. The maximum Gasteiger partial charge on any atom is 0.472 e. The van der Waals surface area contributed by atoms with Gasteiger partial charge in [0, 0.05) is 0 Å². The van der Waals surface area contributed by atoms with Crippen LogP contribution < -0.4 is 0 Å². The second-order valence-electron chi connectivity index (χ2n) is 7.96. The van der Waals surface area contributed by atoms with Gasteiger partial charge in [0.1, 0.15) is 54.9 Å². The van der Waals surface area contributed by atoms with E-state index >= 15 is 0 Å². The molecule has 22 nitrogen and oxygen atoms in total. The Morgan fingerprint density at radius 2 is 0.650 bits per heavy atom. The Balaban J connectivity index is 4.61. The monoisotopic (exact) mass is 660 g/mol. The average molecular weight is 660 g/mol. The lowest BCUT2D eigenvalue weighted by molar-refractivity contribution is -0.0987. The van der Waals surface area contributed by atoms with Crippen LogP contribution in [-0.2, 0) is 36.3 Å². The molecule has 25 heteroatoms. The first-order chi connectivity index (χ1) is 18.1. The Morgan fingerprint density at radius 3 is 0.875 bits per heavy atom. The molecule has 0 aliphatic carbocycles. The van der Waals surface area contributed by atoms with E-state index in [1.54, 1.807) is 0 Å². The molecule has 0 fully saturated rings. The van der Waals surface area contributed by atoms with E-state index in [9.17, 15) is 69.4 Å². The van der Waals surface area contributed by atoms with E-state index in [1.807, 2.05) is 0 Å². The van der Waals surface area contributed by atoms with Crippen LogP contribution in [0.3, 0.4) is 0 Å². The zero-order valence-electron chi connectivity index (χ0n) is 20.3. The molecule has 40 heavy (non-hydrogen) atoms. The van der Waals surface area contributed by atoms with Gasteiger partial charge >= 0.3 is 23.5 Å². The first kappa shape index (κ1) is 39.9. The molecule has 0 aliphatic heterocycles. The highest BCUT2D eigenvalue weighted by atomic mass is 31.2. The van der Waals surface area contributed by atoms with Crippen molar-refractivity contribution in [3.63, 3.8) is 0 Å². The predicted molar refractivity (Wildman–Crippen MR) is 123 cm³/mol. The maximum absolute atomic E-state index is 11.9. The summed E-state index contributed by atoms with van der Waals surface area (Å²) < 4.78 is 55.4. The van der Waals surface area contributed by atoms with Gasteiger partial charge in [0.05, 0.1) is 39.6 Å². The van der Waals surface area contributed by atoms with Gasteiger partial charge in [-0.3, -0.25) is 22.6 Å². The lowest BCUT2D eigenvalue weighted by atomic mass is 10.1. The van der Waals surface area contributed by atoms with E-state index in [2.05, 4.69) is 22.6 Å². The topological polar surface area (TPSA) is 381 Å². The molecule has 0 saturated carbocycles. The zero-order chi connectivity index (χ0) is 31.5. The highest BCUT2D eigenvalue weighted by Crippen LogP contribution is 2.44. The van der Waals surface area contributed by atoms with Crippen LogP contribution in [0.25, 0.3) is 0 Å². The highest BCUT2D eigenvalue weighted by Gasteiger charge is 2.34. The molecule has 11 atom stereocenters. The van der Waals surface area contributed by atoms with E-state index in [1.165, 1.54) is 0 Å². The number of phosphoric acid groups is 3. The average Bonchev–Trinajstić information content (AvgIpc) is 2.88. The second-order valence-corrected chi connectivity index (χ2v) is 12.1. The zero-order valence-corrected chi connectivity index (χ0v) is 23.0. The summed E-state index contributed by atoms with van der Waals surface area (Å²) in [6.07, 6.45) is -18.6. The molecular weight excluding hydrogens is 625 g/mol. The largest absolute Gasteiger partial charge is 0.472 e. The van der Waals surface area contributed by atoms with Crippen LogP contribution in [0.15, 0.2) is 0 Å². The lowest BCUT2D eigenvalue weighted by Gasteiger charge is -2.25. The quantitative estimate of drug-likeness (QED) is 0.0480. The van der Waals surface area contributed by atoms with Gasteiger partial charge in [-0.25, -0.2) is 13.7 Å². The summed E-state index contributed by atoms with van der Waals surface area (Å²) in [6.45, 7) is -6.80. The fourth-order valence-electron chi connectivity index (χ4n) is 2.30. The van der Waals surface area contributed by atoms with Crippen molar-refractivity contribution >= 4 is 23.5 Å². The van der Waals surface area contributed by atoms with Gasteiger partial charge < -0.3 is 70.6 Å². The van der Waals surface area contributed by atoms with E-state index in [0.29, 0.717) is 0 Å². The summed E-state index contributed by atoms with van der Waals surface area (Å²) in [4.78, 5) is 36.1. The van der Waals surface area contributed by atoms with Gasteiger partial charge in [0.15, 0.2) is 0 Å². The number of phosphoric ester groups is 3. The fraction of sp³-hybridized carbons (Fsp3) is 1.00. The van der Waals surface area contributed by atoms with Crippen LogP contribution in [0.5, 0.6) is 0 Å². The Labute approximate surface area is 225 Å². The third-order valence-corrected chi connectivity index (χ3v) is 6.99. The summed E-state index contributed by atoms with van der Waals surface area (Å²) in [5.41, 5.74) is 0. The summed E-state index contributed by atoms with van der Waals surface area (Å²) in [7, 11) is -15.2. The molecular formula is C15H35O22P3. The van der Waals surface area contributed by atoms with Crippen molar-refractivity contribution in [3.05, 3.63) is 0 Å². The highest BCUT2D eigenvalue weighted by molar-refractivity contribution is 7.47. The van der Waals surface area contributed by atoms with Crippen molar-refractivity contribution in [2.24, 2.45) is 0 Å². The van der Waals surface area contributed by atoms with Gasteiger partial charge in [0.25, 0.3) is 0 Å². The minimum atomic E-state index is -5.14. The Hall–Kier alpha value is -0.0700. The minimum absolute atomic E-state index is 0.950. The Morgan fingerprint density at radius 1 is 0.425 bits per heavy atom. The number of aliphatic hydroxyl groups excluding tert-OH is 10. The molecule has 0 aliphatic rings. The first-order valence-electron chi connectivity index (χ1n) is 10.8. The molecule has 0 bridgehead atoms. The molecule has 0 radical (unpaired) electrons. The Bertz CT molecular complexity index is 855. The summed E-state index contributed by atoms with van der Waals surface area (Å²) in [5.74, 6) is 0. The molecule has 0 spiro atoms. The molecule has 0 saturated heterocycles. The molecule has 242 valence electrons. The maximum atomic E-state index is 11.9. The molecule has 14 N–H and O–H groups in total. The van der Waals surface area contributed by atoms with Gasteiger partial charge in [0.2, 0.25) is 0 Å². The molecule has 0 amide bonds. The summed E-state index contributed by atoms with van der Waals surface area (Å²) in [6, 6.07) is 0. The van der Waals surface area contributed by atoms with Crippen molar-refractivity contribution < 1.29 is 107 Å². The minimum Gasteiger partial charge on any atom is -0.394 e. The van der Waals surface area contributed by atoms with Crippen molar-refractivity contribution in [3.8, 4) is 0 Å². The number of rotatable bonds is 22. The molecule has 0 rings (SSSR count). The van der Waals surface area contributed by atoms with Crippen LogP contribution in [0, 0.1) is 0 Å². The third kappa shape index (κ3) is 16.5. The summed E-state index contributed by atoms with van der Waals surface area (Å²) >= 11 is 0. The van der Waals surface area contributed by atoms with Crippen LogP contribution in [-0.4, -0.2) is 165 Å². The van der Waals surface area contributed by atoms with Crippen LogP contribution in [0.2, 0.25) is 0 Å². The van der Waals surface area contributed by atoms with Crippen molar-refractivity contribution in [1.82, 2.24) is 0 Å². The van der Waals surface area contributed by atoms with Gasteiger partial charge in [-0.15, -0.1) is 0 Å². The lowest BCUT2D eigenvalue weighted by Crippen LogP contribution is -2.43. The molecule has 0 aromatic heterocycles. The van der Waals surface area contributed by atoms with Crippen LogP contribution in [0.1, 0.15) is 0 Å². The number of hydrogen-bond acceptors (Lipinski definition) is 18. The molecule has 0 aromatic carbocycles. The predicted octanol–water partition coefficient (Wildman–Crippen LogP) is -6.40. The van der Waals surface area contributed by atoms with Gasteiger partial charge in [-0.05, 0) is 0 Å². The van der Waals surface area contributed by atoms with Gasteiger partial charge in [-0.1, -0.05) is 0 Å². The van der Waals surface area contributed by atoms with E-state index in [-0.39, 0.29) is 0 Å². The van der Waals surface area contributed by atoms with Gasteiger partial charge in [-0.2, -0.15) is 0 Å². The SMILES string of the molecule is O=P(O)(O)OC[C@H](O)[C@H](O)[C@H](O)COP(=O)(O)OC[C@H](O)[C@H](O)[C@H](O)COP(=O)(O)OC[C@@H](O)[C@@H](O)[C@@H](O)CO.